The number of anilines is 1. The fourth-order valence-electron chi connectivity index (χ4n) is 1.75. The van der Waals surface area contributed by atoms with Crippen LogP contribution in [0, 0.1) is 18.8 Å². The van der Waals surface area contributed by atoms with Crippen LogP contribution in [0.3, 0.4) is 0 Å². The minimum Gasteiger partial charge on any atom is -0.323 e. The van der Waals surface area contributed by atoms with Crippen LogP contribution >= 0.6 is 0 Å². The number of aromatic nitrogens is 2. The molecule has 0 bridgehead atoms. The lowest BCUT2D eigenvalue weighted by Gasteiger charge is -2.09. The second kappa shape index (κ2) is 6.55. The zero-order chi connectivity index (χ0) is 14.4. The van der Waals surface area contributed by atoms with Gasteiger partial charge in [0.1, 0.15) is 6.54 Å². The molecule has 0 radical (unpaired) electrons. The average Bonchev–Trinajstić information content (AvgIpc) is 2.90. The SMILES string of the molecule is Cc1ccc(C#CCN)c(NC(=O)Cn2cccn2)c1. The van der Waals surface area contributed by atoms with Crippen LogP contribution in [0.4, 0.5) is 5.69 Å². The number of carbonyl (C=O) groups is 1. The highest BCUT2D eigenvalue weighted by Crippen LogP contribution is 2.16. The van der Waals surface area contributed by atoms with Crippen LogP contribution in [0.15, 0.2) is 36.7 Å². The van der Waals surface area contributed by atoms with Crippen molar-refractivity contribution in [2.24, 2.45) is 5.73 Å². The van der Waals surface area contributed by atoms with Crippen molar-refractivity contribution in [3.63, 3.8) is 0 Å². The van der Waals surface area contributed by atoms with Crippen LogP contribution in [0.1, 0.15) is 11.1 Å². The summed E-state index contributed by atoms with van der Waals surface area (Å²) in [5.41, 5.74) is 7.89. The lowest BCUT2D eigenvalue weighted by molar-refractivity contribution is -0.116. The Hall–Kier alpha value is -2.58. The van der Waals surface area contributed by atoms with Crippen LogP contribution in [-0.4, -0.2) is 22.2 Å². The molecule has 0 aliphatic rings. The normalized spacial score (nSPS) is 9.70. The third-order valence-corrected chi connectivity index (χ3v) is 2.64. The topological polar surface area (TPSA) is 72.9 Å². The smallest absolute Gasteiger partial charge is 0.246 e. The number of nitrogens with one attached hydrogen (secondary N) is 1. The summed E-state index contributed by atoms with van der Waals surface area (Å²) in [6.45, 7) is 2.42. The highest BCUT2D eigenvalue weighted by atomic mass is 16.2. The fraction of sp³-hybridized carbons (Fsp3) is 0.200. The van der Waals surface area contributed by atoms with Crippen molar-refractivity contribution in [3.05, 3.63) is 47.8 Å². The highest BCUT2D eigenvalue weighted by molar-refractivity contribution is 5.92. The molecule has 5 nitrogen and oxygen atoms in total. The zero-order valence-electron chi connectivity index (χ0n) is 11.3. The van der Waals surface area contributed by atoms with Crippen LogP contribution in [0.25, 0.3) is 0 Å². The maximum Gasteiger partial charge on any atom is 0.246 e. The average molecular weight is 268 g/mol. The van der Waals surface area contributed by atoms with E-state index in [-0.39, 0.29) is 19.0 Å². The van der Waals surface area contributed by atoms with Gasteiger partial charge in [-0.1, -0.05) is 17.9 Å². The second-order valence-electron chi connectivity index (χ2n) is 4.31. The van der Waals surface area contributed by atoms with Gasteiger partial charge in [0.2, 0.25) is 5.91 Å². The molecule has 0 fully saturated rings. The van der Waals surface area contributed by atoms with E-state index in [0.29, 0.717) is 5.69 Å². The van der Waals surface area contributed by atoms with Crippen molar-refractivity contribution in [1.82, 2.24) is 9.78 Å². The number of hydrogen-bond donors (Lipinski definition) is 2. The van der Waals surface area contributed by atoms with Gasteiger partial charge in [0.25, 0.3) is 0 Å². The number of amides is 1. The molecule has 1 aromatic heterocycles. The van der Waals surface area contributed by atoms with E-state index >= 15 is 0 Å². The van der Waals surface area contributed by atoms with Gasteiger partial charge in [-0.05, 0) is 30.7 Å². The van der Waals surface area contributed by atoms with Crippen LogP contribution in [0.5, 0.6) is 0 Å². The molecule has 0 spiro atoms. The zero-order valence-corrected chi connectivity index (χ0v) is 11.3. The van der Waals surface area contributed by atoms with E-state index in [0.717, 1.165) is 11.1 Å². The molecule has 2 aromatic rings. The fourth-order valence-corrected chi connectivity index (χ4v) is 1.75. The molecule has 0 aliphatic heterocycles. The summed E-state index contributed by atoms with van der Waals surface area (Å²) in [5, 5.41) is 6.85. The summed E-state index contributed by atoms with van der Waals surface area (Å²) in [6.07, 6.45) is 3.38. The summed E-state index contributed by atoms with van der Waals surface area (Å²) >= 11 is 0. The quantitative estimate of drug-likeness (QED) is 0.820. The van der Waals surface area contributed by atoms with Crippen LogP contribution in [0.2, 0.25) is 0 Å². The van der Waals surface area contributed by atoms with Crippen molar-refractivity contribution in [3.8, 4) is 11.8 Å². The first kappa shape index (κ1) is 13.8. The molecule has 0 saturated carbocycles. The number of rotatable bonds is 3. The molecule has 2 rings (SSSR count). The molecule has 20 heavy (non-hydrogen) atoms. The van der Waals surface area contributed by atoms with E-state index in [2.05, 4.69) is 22.3 Å². The molecule has 5 heteroatoms. The first-order chi connectivity index (χ1) is 9.69. The van der Waals surface area contributed by atoms with E-state index in [1.165, 1.54) is 0 Å². The van der Waals surface area contributed by atoms with Gasteiger partial charge in [0, 0.05) is 18.0 Å². The molecule has 102 valence electrons. The number of nitrogens with zero attached hydrogens (tertiary/aromatic N) is 2. The minimum atomic E-state index is -0.143. The summed E-state index contributed by atoms with van der Waals surface area (Å²) in [7, 11) is 0. The van der Waals surface area contributed by atoms with E-state index in [1.54, 1.807) is 23.1 Å². The largest absolute Gasteiger partial charge is 0.323 e. The van der Waals surface area contributed by atoms with Gasteiger partial charge in [-0.15, -0.1) is 0 Å². The maximum absolute atomic E-state index is 12.0. The van der Waals surface area contributed by atoms with Gasteiger partial charge < -0.3 is 11.1 Å². The monoisotopic (exact) mass is 268 g/mol. The Balaban J connectivity index is 2.15. The van der Waals surface area contributed by atoms with Crippen molar-refractivity contribution in [2.45, 2.75) is 13.5 Å². The highest BCUT2D eigenvalue weighted by Gasteiger charge is 2.07. The number of benzene rings is 1. The third kappa shape index (κ3) is 3.70. The number of aryl methyl sites for hydroxylation is 1. The molecule has 0 atom stereocenters. The third-order valence-electron chi connectivity index (χ3n) is 2.64. The molecule has 0 aliphatic carbocycles. The predicted molar refractivity (Wildman–Crippen MR) is 78.0 cm³/mol. The van der Waals surface area contributed by atoms with E-state index < -0.39 is 0 Å². The number of carbonyl (C=O) groups excluding carboxylic acids is 1. The Morgan fingerprint density at radius 3 is 3.05 bits per heavy atom. The van der Waals surface area contributed by atoms with Gasteiger partial charge in [-0.2, -0.15) is 5.10 Å². The number of nitrogens with two attached hydrogens (primary N) is 1. The first-order valence-electron chi connectivity index (χ1n) is 6.26. The maximum atomic E-state index is 12.0. The van der Waals surface area contributed by atoms with Crippen molar-refractivity contribution >= 4 is 11.6 Å². The van der Waals surface area contributed by atoms with Crippen molar-refractivity contribution in [1.29, 1.82) is 0 Å². The molecule has 0 unspecified atom stereocenters. The van der Waals surface area contributed by atoms with Crippen molar-refractivity contribution < 1.29 is 4.79 Å². The van der Waals surface area contributed by atoms with E-state index in [4.69, 9.17) is 5.73 Å². The number of hydrogen-bond acceptors (Lipinski definition) is 3. The van der Waals surface area contributed by atoms with E-state index in [9.17, 15) is 4.79 Å². The van der Waals surface area contributed by atoms with Gasteiger partial charge >= 0.3 is 0 Å². The Morgan fingerprint density at radius 1 is 1.50 bits per heavy atom. The minimum absolute atomic E-state index is 0.143. The van der Waals surface area contributed by atoms with Gasteiger partial charge in [0.05, 0.1) is 12.2 Å². The standard InChI is InChI=1S/C15H16N4O/c1-12-5-6-13(4-2-7-16)14(10-12)18-15(20)11-19-9-3-8-17-19/h3,5-6,8-10H,7,11,16H2,1H3,(H,18,20). The van der Waals surface area contributed by atoms with Crippen LogP contribution in [-0.2, 0) is 11.3 Å². The molecular formula is C15H16N4O. The second-order valence-corrected chi connectivity index (χ2v) is 4.31. The molecule has 3 N–H and O–H groups in total. The first-order valence-corrected chi connectivity index (χ1v) is 6.26. The lowest BCUT2D eigenvalue weighted by atomic mass is 10.1. The summed E-state index contributed by atoms with van der Waals surface area (Å²) < 4.78 is 1.57. The summed E-state index contributed by atoms with van der Waals surface area (Å²) in [6, 6.07) is 7.49. The summed E-state index contributed by atoms with van der Waals surface area (Å²) in [4.78, 5) is 12.0. The molecule has 0 saturated heterocycles. The lowest BCUT2D eigenvalue weighted by Crippen LogP contribution is -2.19. The Bertz CT molecular complexity index is 650. The Morgan fingerprint density at radius 2 is 2.35 bits per heavy atom. The predicted octanol–water partition coefficient (Wildman–Crippen LogP) is 1.14. The Kier molecular flexibility index (Phi) is 4.53. The Labute approximate surface area is 117 Å². The van der Waals surface area contributed by atoms with Gasteiger partial charge in [-0.25, -0.2) is 0 Å². The summed E-state index contributed by atoms with van der Waals surface area (Å²) in [5.74, 6) is 5.60. The molecule has 1 aromatic carbocycles. The van der Waals surface area contributed by atoms with Gasteiger partial charge in [-0.3, -0.25) is 9.48 Å². The van der Waals surface area contributed by atoms with Crippen molar-refractivity contribution in [2.75, 3.05) is 11.9 Å². The van der Waals surface area contributed by atoms with Gasteiger partial charge in [0.15, 0.2) is 0 Å². The van der Waals surface area contributed by atoms with E-state index in [1.807, 2.05) is 25.1 Å². The van der Waals surface area contributed by atoms with Crippen LogP contribution < -0.4 is 11.1 Å². The molecular weight excluding hydrogens is 252 g/mol. The molecule has 1 amide bonds. The molecule has 1 heterocycles.